The first-order chi connectivity index (χ1) is 10.3. The minimum Gasteiger partial charge on any atom is -0.300 e. The van der Waals surface area contributed by atoms with Crippen LogP contribution in [0.4, 0.5) is 13.2 Å². The number of halogens is 3. The van der Waals surface area contributed by atoms with Crippen molar-refractivity contribution < 1.29 is 32.3 Å². The molecule has 0 fully saturated rings. The van der Waals surface area contributed by atoms with E-state index in [2.05, 4.69) is 10.2 Å². The lowest BCUT2D eigenvalue weighted by Crippen LogP contribution is -2.31. The number of carbonyl (C=O) groups excluding carboxylic acids is 4. The Bertz CT molecular complexity index is 598. The molecule has 6 nitrogen and oxygen atoms in total. The first-order valence-corrected chi connectivity index (χ1v) is 5.76. The summed E-state index contributed by atoms with van der Waals surface area (Å²) in [5.74, 6) is 0. The predicted molar refractivity (Wildman–Crippen MR) is 66.0 cm³/mol. The van der Waals surface area contributed by atoms with Crippen LogP contribution in [0.3, 0.4) is 0 Å². The molecular formula is C13H9F3N2O4. The van der Waals surface area contributed by atoms with Gasteiger partial charge in [-0.05, 0) is 6.07 Å². The summed E-state index contributed by atoms with van der Waals surface area (Å²) in [5.41, 5.74) is -4.58. The highest BCUT2D eigenvalue weighted by atomic mass is 19.4. The average molecular weight is 314 g/mol. The quantitative estimate of drug-likeness (QED) is 0.433. The van der Waals surface area contributed by atoms with Crippen molar-refractivity contribution >= 4 is 25.1 Å². The fourth-order valence-electron chi connectivity index (χ4n) is 1.58. The Hall–Kier alpha value is -2.71. The van der Waals surface area contributed by atoms with Gasteiger partial charge in [0.1, 0.15) is 0 Å². The molecule has 0 unspecified atom stereocenters. The van der Waals surface area contributed by atoms with E-state index in [4.69, 9.17) is 0 Å². The van der Waals surface area contributed by atoms with Gasteiger partial charge in [-0.25, -0.2) is 0 Å². The molecule has 1 rings (SSSR count). The standard InChI is InChI=1S/C13H9F3N2O4/c14-13(15,16)11-4-2-1-3-10(11)12(7-21,8-22)18-17-9(5-19)6-20/h1-9H. The van der Waals surface area contributed by atoms with Crippen LogP contribution in [0.15, 0.2) is 34.5 Å². The van der Waals surface area contributed by atoms with Crippen LogP contribution < -0.4 is 0 Å². The summed E-state index contributed by atoms with van der Waals surface area (Å²) in [5, 5.41) is 6.34. The molecule has 1 aromatic carbocycles. The molecule has 0 radical (unpaired) electrons. The fourth-order valence-corrected chi connectivity index (χ4v) is 1.58. The lowest BCUT2D eigenvalue weighted by Gasteiger charge is -2.21. The molecule has 0 saturated carbocycles. The predicted octanol–water partition coefficient (Wildman–Crippen LogP) is 1.52. The summed E-state index contributed by atoms with van der Waals surface area (Å²) in [6.45, 7) is 0. The second-order valence-corrected chi connectivity index (χ2v) is 4.08. The van der Waals surface area contributed by atoms with Crippen LogP contribution >= 0.6 is 0 Å². The molecule has 0 spiro atoms. The molecule has 0 heterocycles. The number of aldehydes is 4. The zero-order valence-electron chi connectivity index (χ0n) is 10.9. The number of hydrogen-bond donors (Lipinski definition) is 0. The molecule has 116 valence electrons. The van der Waals surface area contributed by atoms with Crippen molar-refractivity contribution in [1.82, 2.24) is 0 Å². The van der Waals surface area contributed by atoms with Gasteiger partial charge in [-0.15, -0.1) is 0 Å². The van der Waals surface area contributed by atoms with E-state index in [1.165, 1.54) is 6.07 Å². The molecule has 0 atom stereocenters. The minimum atomic E-state index is -4.84. The van der Waals surface area contributed by atoms with Crippen molar-refractivity contribution in [3.05, 3.63) is 35.4 Å². The van der Waals surface area contributed by atoms with Gasteiger partial charge in [0.2, 0.25) is 5.54 Å². The lowest BCUT2D eigenvalue weighted by molar-refractivity contribution is -0.139. The number of benzene rings is 1. The molecule has 0 saturated heterocycles. The van der Waals surface area contributed by atoms with Crippen LogP contribution in [0.1, 0.15) is 11.1 Å². The van der Waals surface area contributed by atoms with Crippen molar-refractivity contribution in [1.29, 1.82) is 0 Å². The van der Waals surface area contributed by atoms with Crippen molar-refractivity contribution in [2.24, 2.45) is 10.2 Å². The van der Waals surface area contributed by atoms with Crippen molar-refractivity contribution in [3.63, 3.8) is 0 Å². The van der Waals surface area contributed by atoms with E-state index in [0.717, 1.165) is 12.1 Å². The number of nitrogens with zero attached hydrogens (tertiary/aromatic N) is 2. The van der Waals surface area contributed by atoms with E-state index in [1.54, 1.807) is 0 Å². The maximum atomic E-state index is 13.0. The van der Waals surface area contributed by atoms with E-state index < -0.39 is 28.9 Å². The summed E-state index contributed by atoms with van der Waals surface area (Å²) in [7, 11) is 0. The maximum absolute atomic E-state index is 13.0. The van der Waals surface area contributed by atoms with E-state index in [-0.39, 0.29) is 25.1 Å². The van der Waals surface area contributed by atoms with Gasteiger partial charge in [0, 0.05) is 5.56 Å². The summed E-state index contributed by atoms with van der Waals surface area (Å²) in [6, 6.07) is 2.20. The third kappa shape index (κ3) is 3.48. The van der Waals surface area contributed by atoms with Gasteiger partial charge in [0.15, 0.2) is 31.2 Å². The molecule has 0 aliphatic heterocycles. The van der Waals surface area contributed by atoms with Gasteiger partial charge >= 0.3 is 6.18 Å². The zero-order chi connectivity index (χ0) is 16.8. The highest BCUT2D eigenvalue weighted by Gasteiger charge is 2.42. The Kier molecular flexibility index (Phi) is 5.39. The molecule has 0 aliphatic carbocycles. The van der Waals surface area contributed by atoms with Gasteiger partial charge in [0.25, 0.3) is 0 Å². The Morgan fingerprint density at radius 2 is 1.41 bits per heavy atom. The van der Waals surface area contributed by atoms with Crippen LogP contribution in [-0.4, -0.2) is 31.2 Å². The first-order valence-electron chi connectivity index (χ1n) is 5.76. The fraction of sp³-hybridized carbons (Fsp3) is 0.231. The van der Waals surface area contributed by atoms with Gasteiger partial charge in [-0.3, -0.25) is 9.59 Å². The zero-order valence-corrected chi connectivity index (χ0v) is 10.9. The molecule has 0 bridgehead atoms. The van der Waals surface area contributed by atoms with Crippen LogP contribution in [0.25, 0.3) is 0 Å². The Labute approximate surface area is 122 Å². The number of carbonyl (C=O) groups is 4. The summed E-state index contributed by atoms with van der Waals surface area (Å²) in [4.78, 5) is 43.3. The summed E-state index contributed by atoms with van der Waals surface area (Å²) < 4.78 is 38.9. The Morgan fingerprint density at radius 1 is 0.909 bits per heavy atom. The number of azo groups is 1. The molecule has 0 aliphatic rings. The average Bonchev–Trinajstić information content (AvgIpc) is 2.52. The molecular weight excluding hydrogens is 305 g/mol. The minimum absolute atomic E-state index is 0.0620. The third-order valence-electron chi connectivity index (χ3n) is 2.66. The highest BCUT2D eigenvalue weighted by Crippen LogP contribution is 2.37. The highest BCUT2D eigenvalue weighted by molar-refractivity contribution is 5.92. The van der Waals surface area contributed by atoms with E-state index in [0.29, 0.717) is 6.07 Å². The number of rotatable bonds is 7. The largest absolute Gasteiger partial charge is 0.416 e. The topological polar surface area (TPSA) is 93.0 Å². The smallest absolute Gasteiger partial charge is 0.300 e. The van der Waals surface area contributed by atoms with Crippen molar-refractivity contribution in [3.8, 4) is 0 Å². The van der Waals surface area contributed by atoms with Crippen LogP contribution in [-0.2, 0) is 30.9 Å². The normalized spacial score (nSPS) is 12.4. The van der Waals surface area contributed by atoms with Gasteiger partial charge in [0.05, 0.1) is 5.56 Å². The van der Waals surface area contributed by atoms with Crippen molar-refractivity contribution in [2.45, 2.75) is 17.8 Å². The Morgan fingerprint density at radius 3 is 1.82 bits per heavy atom. The molecule has 0 aromatic heterocycles. The lowest BCUT2D eigenvalue weighted by atomic mass is 9.89. The molecule has 1 aromatic rings. The molecule has 0 N–H and O–H groups in total. The SMILES string of the molecule is O=CC(C=O)N=NC(C=O)(C=O)c1ccccc1C(F)(F)F. The monoisotopic (exact) mass is 314 g/mol. The van der Waals surface area contributed by atoms with Crippen LogP contribution in [0.2, 0.25) is 0 Å². The maximum Gasteiger partial charge on any atom is 0.416 e. The van der Waals surface area contributed by atoms with E-state index in [9.17, 15) is 32.3 Å². The summed E-state index contributed by atoms with van der Waals surface area (Å²) in [6.07, 6.45) is -4.99. The van der Waals surface area contributed by atoms with Gasteiger partial charge in [-0.1, -0.05) is 18.2 Å². The third-order valence-corrected chi connectivity index (χ3v) is 2.66. The van der Waals surface area contributed by atoms with Gasteiger partial charge in [-0.2, -0.15) is 23.4 Å². The summed E-state index contributed by atoms with van der Waals surface area (Å²) >= 11 is 0. The van der Waals surface area contributed by atoms with Crippen LogP contribution in [0.5, 0.6) is 0 Å². The van der Waals surface area contributed by atoms with Gasteiger partial charge < -0.3 is 9.59 Å². The second kappa shape index (κ2) is 6.83. The molecule has 0 amide bonds. The molecule has 9 heteroatoms. The number of alkyl halides is 3. The molecule has 22 heavy (non-hydrogen) atoms. The van der Waals surface area contributed by atoms with Crippen molar-refractivity contribution in [2.75, 3.05) is 0 Å². The van der Waals surface area contributed by atoms with E-state index >= 15 is 0 Å². The number of hydrogen-bond acceptors (Lipinski definition) is 6. The Balaban J connectivity index is 3.50. The van der Waals surface area contributed by atoms with Crippen LogP contribution in [0, 0.1) is 0 Å². The van der Waals surface area contributed by atoms with E-state index in [1.807, 2.05) is 0 Å². The second-order valence-electron chi connectivity index (χ2n) is 4.08. The first kappa shape index (κ1) is 17.3.